The van der Waals surface area contributed by atoms with Gasteiger partial charge in [-0.15, -0.1) is 0 Å². The van der Waals surface area contributed by atoms with Gasteiger partial charge in [-0.05, 0) is 256 Å². The average molecular weight is 1660 g/mol. The summed E-state index contributed by atoms with van der Waals surface area (Å²) in [5, 5.41) is 0. The van der Waals surface area contributed by atoms with E-state index in [1.165, 1.54) is 39.5 Å². The number of benzene rings is 12. The largest absolute Gasteiger partial charge is 0.497 e. The molecule has 4 aliphatic heterocycles. The highest BCUT2D eigenvalue weighted by Crippen LogP contribution is 2.43. The summed E-state index contributed by atoms with van der Waals surface area (Å²) in [6.45, 7) is 12.6. The molecule has 2 aliphatic carbocycles. The Labute approximate surface area is 714 Å². The number of carbonyl (C=O) groups excluding carboxylic acids is 8. The molecule has 21 heteroatoms. The van der Waals surface area contributed by atoms with Crippen LogP contribution in [-0.2, 0) is 20.7 Å². The zero-order valence-electron chi connectivity index (χ0n) is 69.4. The Morgan fingerprint density at radius 1 is 0.268 bits per heavy atom. The van der Waals surface area contributed by atoms with Gasteiger partial charge in [-0.3, -0.25) is 48.2 Å². The fourth-order valence-electron chi connectivity index (χ4n) is 16.6. The highest BCUT2D eigenvalue weighted by molar-refractivity contribution is 7.91. The molecule has 4 heterocycles. The van der Waals surface area contributed by atoms with E-state index in [0.29, 0.717) is 102 Å². The van der Waals surface area contributed by atoms with E-state index in [2.05, 4.69) is 58.9 Å². The lowest BCUT2D eigenvalue weighted by Gasteiger charge is -2.29. The molecule has 8 amide bonds. The first-order chi connectivity index (χ1) is 59.2. The lowest BCUT2D eigenvalue weighted by molar-refractivity contribution is 0.0533. The zero-order valence-corrected chi connectivity index (χ0v) is 70.2. The first-order valence-electron chi connectivity index (χ1n) is 41.1. The second-order valence-electron chi connectivity index (χ2n) is 32.5. The van der Waals surface area contributed by atoms with Crippen LogP contribution in [0.2, 0.25) is 0 Å². The third-order valence-corrected chi connectivity index (χ3v) is 25.7. The zero-order chi connectivity index (χ0) is 86.2. The van der Waals surface area contributed by atoms with Crippen LogP contribution < -0.4 is 38.2 Å². The number of hydrogen-bond donors (Lipinski definition) is 0. The van der Waals surface area contributed by atoms with Gasteiger partial charge in [0.05, 0.1) is 79.9 Å². The van der Waals surface area contributed by atoms with Gasteiger partial charge >= 0.3 is 0 Å². The summed E-state index contributed by atoms with van der Waals surface area (Å²) < 4.78 is 60.6. The number of carbonyl (C=O) groups is 8. The molecule has 6 aliphatic rings. The van der Waals surface area contributed by atoms with Crippen molar-refractivity contribution >= 4 is 68.5 Å². The van der Waals surface area contributed by atoms with E-state index in [9.17, 15) is 46.8 Å². The summed E-state index contributed by atoms with van der Waals surface area (Å²) in [5.74, 6) is 2.96. The number of rotatable bonds is 20. The minimum absolute atomic E-state index is 0.0247. The summed E-state index contributed by atoms with van der Waals surface area (Å²) in [6.07, 6.45) is 10.2. The van der Waals surface area contributed by atoms with Crippen LogP contribution in [-0.4, -0.2) is 91.8 Å². The number of imide groups is 4. The molecule has 0 bridgehead atoms. The second-order valence-corrected chi connectivity index (χ2v) is 34.5. The van der Waals surface area contributed by atoms with E-state index in [-0.39, 0.29) is 73.4 Å². The first-order valence-corrected chi connectivity index (χ1v) is 42.6. The number of nitrogens with zero attached hydrogens (tertiary/aromatic N) is 4. The molecule has 2 fully saturated rings. The fraction of sp³-hybridized carbons (Fsp3) is 0.216. The van der Waals surface area contributed by atoms with E-state index in [4.69, 9.17) is 28.4 Å². The molecule has 620 valence electrons. The molecular formula is C102H90N4O16S. The van der Waals surface area contributed by atoms with Crippen molar-refractivity contribution in [2.24, 2.45) is 0 Å². The van der Waals surface area contributed by atoms with Gasteiger partial charge in [0.15, 0.2) is 0 Å². The summed E-state index contributed by atoms with van der Waals surface area (Å²) in [4.78, 5) is 110. The smallest absolute Gasteiger partial charge is 0.266 e. The van der Waals surface area contributed by atoms with Crippen molar-refractivity contribution in [3.63, 3.8) is 0 Å². The Bertz CT molecular complexity index is 6240. The van der Waals surface area contributed by atoms with Crippen LogP contribution in [0.1, 0.15) is 208 Å². The molecule has 12 aromatic carbocycles. The number of anilines is 2. The van der Waals surface area contributed by atoms with Crippen LogP contribution in [0.15, 0.2) is 277 Å². The van der Waals surface area contributed by atoms with Crippen molar-refractivity contribution in [3.05, 3.63) is 345 Å². The van der Waals surface area contributed by atoms with Gasteiger partial charge in [-0.2, -0.15) is 0 Å². The van der Waals surface area contributed by atoms with Gasteiger partial charge in [0, 0.05) is 22.9 Å². The Morgan fingerprint density at radius 2 is 0.504 bits per heavy atom. The van der Waals surface area contributed by atoms with Crippen LogP contribution in [0.3, 0.4) is 0 Å². The lowest BCUT2D eigenvalue weighted by atomic mass is 9.78. The van der Waals surface area contributed by atoms with Crippen LogP contribution in [0.25, 0.3) is 0 Å². The van der Waals surface area contributed by atoms with Gasteiger partial charge in [0.1, 0.15) is 57.5 Å². The third kappa shape index (κ3) is 16.6. The SMILES string of the molecule is COc1ccc(N2C(=O)c3ccc(Oc4ccc(C(C)(C)c5ccc(Oc6ccc7c(c6)C(=O)N(C6CCCCC6)C7=O)cc5)cc4)cc3C2=O)cc1.COc1ccc2c(c1)C(=O)N(C1CCCCC1)C2=O.Cc1ccc(C(C)(C)c2ccc(Oc3ccc4c(c3)C(=O)N(c3ccc(Oc5ccc(S(=O)(=O)c6ccc(C)cc6)cc5)cc3)C4=O)cc2)cc1. The number of hydrogen-bond acceptors (Lipinski definition) is 16. The number of ether oxygens (including phenoxy) is 6. The highest BCUT2D eigenvalue weighted by Gasteiger charge is 2.44. The maximum absolute atomic E-state index is 13.5. The Hall–Kier alpha value is -14.1. The third-order valence-electron chi connectivity index (χ3n) is 23.9. The van der Waals surface area contributed by atoms with Crippen molar-refractivity contribution in [2.45, 2.75) is 138 Å². The molecule has 0 radical (unpaired) electrons. The first kappa shape index (κ1) is 82.6. The van der Waals surface area contributed by atoms with Gasteiger partial charge in [-0.1, -0.05) is 150 Å². The van der Waals surface area contributed by atoms with Gasteiger partial charge in [0.25, 0.3) is 47.3 Å². The van der Waals surface area contributed by atoms with Gasteiger partial charge < -0.3 is 28.4 Å². The standard InChI is InChI=1S/C44H38N2O7.C43H35NO6S.C15H17NO3/c1-44(2,27-9-15-32(16-10-27)52-34-21-23-36-38(25-34)42(49)45(40(36)47)29-7-5-4-6-8-29)28-11-17-33(18-12-28)53-35-22-24-37-39(26-35)43(50)46(41(37)48)30-13-19-31(51-3)20-14-30;1-28-5-9-30(10-6-28)43(3,4)31-11-15-33(16-12-31)50-36-21-26-39-40(27-36)42(46)44(41(39)45)32-13-17-34(18-14-32)49-35-19-24-38(25-20-35)51(47,48)37-22-7-29(2)8-23-37;1-19-11-7-8-12-13(9-11)15(18)16(14(12)17)10-5-3-2-4-6-10/h9-26,29H,4-8H2,1-3H3;5-27H,1-4H3;7-10H,2-6H2,1H3. The Kier molecular flexibility index (Phi) is 23.0. The summed E-state index contributed by atoms with van der Waals surface area (Å²) in [5.41, 5.74) is 9.99. The molecule has 0 unspecified atom stereocenters. The van der Waals surface area contributed by atoms with Crippen molar-refractivity contribution in [1.29, 1.82) is 0 Å². The van der Waals surface area contributed by atoms with Crippen LogP contribution in [0.4, 0.5) is 11.4 Å². The van der Waals surface area contributed by atoms with Gasteiger partial charge in [0.2, 0.25) is 9.84 Å². The summed E-state index contributed by atoms with van der Waals surface area (Å²) >= 11 is 0. The van der Waals surface area contributed by atoms with E-state index in [1.807, 2.05) is 79.7 Å². The molecule has 0 aromatic heterocycles. The van der Waals surface area contributed by atoms with Crippen molar-refractivity contribution in [1.82, 2.24) is 9.80 Å². The predicted octanol–water partition coefficient (Wildman–Crippen LogP) is 21.8. The normalized spacial score (nSPS) is 15.2. The monoisotopic (exact) mass is 1660 g/mol. The van der Waals surface area contributed by atoms with Gasteiger partial charge in [-0.25, -0.2) is 18.2 Å². The van der Waals surface area contributed by atoms with Crippen molar-refractivity contribution in [2.75, 3.05) is 24.0 Å². The van der Waals surface area contributed by atoms with Crippen molar-refractivity contribution < 1.29 is 75.2 Å². The molecule has 20 nitrogen and oxygen atoms in total. The maximum atomic E-state index is 13.5. The molecule has 0 spiro atoms. The molecule has 2 saturated carbocycles. The number of aryl methyl sites for hydroxylation is 2. The molecule has 0 saturated heterocycles. The predicted molar refractivity (Wildman–Crippen MR) is 467 cm³/mol. The molecule has 18 rings (SSSR count). The Balaban J connectivity index is 0.000000150. The summed E-state index contributed by atoms with van der Waals surface area (Å²) in [7, 11) is -0.548. The van der Waals surface area contributed by atoms with E-state index < -0.39 is 27.6 Å². The lowest BCUT2D eigenvalue weighted by Crippen LogP contribution is -2.40. The molecule has 0 atom stereocenters. The minimum atomic E-state index is -3.66. The molecule has 0 N–H and O–H groups in total. The molecule has 123 heavy (non-hydrogen) atoms. The number of methoxy groups -OCH3 is 2. The fourth-order valence-corrected chi connectivity index (χ4v) is 17.9. The van der Waals surface area contributed by atoms with Crippen molar-refractivity contribution in [3.8, 4) is 57.5 Å². The maximum Gasteiger partial charge on any atom is 0.266 e. The average Bonchev–Trinajstić information content (AvgIpc) is 1.62. The quantitative estimate of drug-likeness (QED) is 0.0644. The summed E-state index contributed by atoms with van der Waals surface area (Å²) in [6, 6.07) is 78.3. The number of fused-ring (bicyclic) bond motifs is 4. The van der Waals surface area contributed by atoms with E-state index in [0.717, 1.165) is 89.8 Å². The highest BCUT2D eigenvalue weighted by atomic mass is 32.2. The van der Waals surface area contributed by atoms with E-state index >= 15 is 0 Å². The number of amides is 8. The van der Waals surface area contributed by atoms with Crippen LogP contribution in [0.5, 0.6) is 57.5 Å². The molecular weight excluding hydrogens is 1570 g/mol. The minimum Gasteiger partial charge on any atom is -0.497 e. The topological polar surface area (TPSA) is 239 Å². The second kappa shape index (κ2) is 34.2. The Morgan fingerprint density at radius 3 is 0.846 bits per heavy atom. The van der Waals surface area contributed by atoms with Crippen LogP contribution >= 0.6 is 0 Å². The number of sulfone groups is 1. The van der Waals surface area contributed by atoms with Crippen LogP contribution in [0, 0.1) is 13.8 Å². The molecule has 12 aromatic rings. The van der Waals surface area contributed by atoms with E-state index in [1.54, 1.807) is 172 Å².